The van der Waals surface area contributed by atoms with Crippen LogP contribution in [0.4, 0.5) is 0 Å². The fraction of sp³-hybridized carbons (Fsp3) is 0.609. The number of carboxylic acid groups (broad SMARTS) is 1. The third-order valence-corrected chi connectivity index (χ3v) is 5.71. The fourth-order valence-corrected chi connectivity index (χ4v) is 4.09. The Kier molecular flexibility index (Phi) is 9.68. The van der Waals surface area contributed by atoms with Crippen molar-refractivity contribution >= 4 is 5.97 Å². The van der Waals surface area contributed by atoms with Crippen molar-refractivity contribution in [1.29, 1.82) is 0 Å². The smallest absolute Gasteiger partial charge is 0.0724 e. The van der Waals surface area contributed by atoms with Crippen LogP contribution in [0.25, 0.3) is 0 Å². The van der Waals surface area contributed by atoms with Crippen LogP contribution in [0.3, 0.4) is 0 Å². The van der Waals surface area contributed by atoms with Gasteiger partial charge in [-0.15, -0.1) is 0 Å². The molecule has 0 saturated heterocycles. The topological polar surface area (TPSA) is 101 Å². The molecule has 0 aromatic heterocycles. The van der Waals surface area contributed by atoms with Crippen molar-refractivity contribution in [2.24, 2.45) is 11.8 Å². The van der Waals surface area contributed by atoms with Gasteiger partial charge in [-0.2, -0.15) is 0 Å². The first kappa shape index (κ1) is 22.6. The quantitative estimate of drug-likeness (QED) is 0.375. The third kappa shape index (κ3) is 7.74. The van der Waals surface area contributed by atoms with Gasteiger partial charge in [0.05, 0.1) is 18.3 Å². The molecule has 1 aliphatic carbocycles. The fourth-order valence-electron chi connectivity index (χ4n) is 4.09. The molecule has 2 rings (SSSR count). The highest BCUT2D eigenvalue weighted by Crippen LogP contribution is 2.37. The highest BCUT2D eigenvalue weighted by Gasteiger charge is 2.39. The first-order valence-corrected chi connectivity index (χ1v) is 10.4. The number of benzene rings is 1. The molecular formula is C23H33O5-. The second kappa shape index (κ2) is 12.0. The van der Waals surface area contributed by atoms with Gasteiger partial charge >= 0.3 is 0 Å². The van der Waals surface area contributed by atoms with Gasteiger partial charge in [-0.3, -0.25) is 0 Å². The number of aliphatic hydroxyl groups is 3. The van der Waals surface area contributed by atoms with Crippen LogP contribution in [0, 0.1) is 11.8 Å². The number of unbranched alkanes of at least 4 members (excludes halogenated alkanes) is 3. The average molecular weight is 390 g/mol. The Hall–Kier alpha value is -1.69. The lowest BCUT2D eigenvalue weighted by atomic mass is 9.87. The van der Waals surface area contributed by atoms with E-state index < -0.39 is 24.3 Å². The zero-order valence-corrected chi connectivity index (χ0v) is 16.5. The number of aliphatic carboxylic acids is 1. The first-order valence-electron chi connectivity index (χ1n) is 10.4. The molecule has 5 heteroatoms. The molecule has 0 heterocycles. The first-order chi connectivity index (χ1) is 13.5. The maximum absolute atomic E-state index is 10.4. The lowest BCUT2D eigenvalue weighted by Gasteiger charge is -2.21. The minimum atomic E-state index is -1.01. The van der Waals surface area contributed by atoms with Crippen LogP contribution in [-0.4, -0.2) is 39.6 Å². The minimum absolute atomic E-state index is 0.0197. The van der Waals surface area contributed by atoms with E-state index in [4.69, 9.17) is 0 Å². The molecule has 0 aliphatic heterocycles. The second-order valence-electron chi connectivity index (χ2n) is 7.91. The minimum Gasteiger partial charge on any atom is -0.550 e. The maximum atomic E-state index is 10.4. The number of carboxylic acids is 1. The summed E-state index contributed by atoms with van der Waals surface area (Å²) in [5, 5.41) is 41.2. The molecule has 1 aliphatic rings. The highest BCUT2D eigenvalue weighted by atomic mass is 16.4. The number of carbonyl (C=O) groups is 1. The van der Waals surface area contributed by atoms with E-state index >= 15 is 0 Å². The molecule has 1 aromatic rings. The summed E-state index contributed by atoms with van der Waals surface area (Å²) in [6.45, 7) is 0. The van der Waals surface area contributed by atoms with Gasteiger partial charge < -0.3 is 25.2 Å². The molecule has 0 amide bonds. The SMILES string of the molecule is O=C([O-])CCCCCC[C@@H]1[C@@H](/C=C/[C@@H](O)CCc2ccccc2)[C@H](O)C[C@@H]1O. The molecule has 0 bridgehead atoms. The lowest BCUT2D eigenvalue weighted by molar-refractivity contribution is -0.305. The van der Waals surface area contributed by atoms with Gasteiger partial charge in [-0.1, -0.05) is 61.7 Å². The predicted octanol–water partition coefficient (Wildman–Crippen LogP) is 1.98. The number of aryl methyl sites for hydroxylation is 1. The zero-order chi connectivity index (χ0) is 20.4. The Labute approximate surface area is 167 Å². The molecule has 1 aromatic carbocycles. The van der Waals surface area contributed by atoms with E-state index in [1.807, 2.05) is 36.4 Å². The van der Waals surface area contributed by atoms with E-state index in [0.717, 1.165) is 32.1 Å². The van der Waals surface area contributed by atoms with Gasteiger partial charge in [0.2, 0.25) is 0 Å². The lowest BCUT2D eigenvalue weighted by Crippen LogP contribution is -2.21. The van der Waals surface area contributed by atoms with E-state index in [1.54, 1.807) is 6.08 Å². The number of hydrogen-bond donors (Lipinski definition) is 3. The van der Waals surface area contributed by atoms with Gasteiger partial charge in [0, 0.05) is 18.3 Å². The molecule has 156 valence electrons. The number of aliphatic hydroxyl groups excluding tert-OH is 3. The summed E-state index contributed by atoms with van der Waals surface area (Å²) in [5.74, 6) is -1.18. The van der Waals surface area contributed by atoms with Crippen molar-refractivity contribution in [3.05, 3.63) is 48.0 Å². The van der Waals surface area contributed by atoms with Crippen LogP contribution < -0.4 is 5.11 Å². The normalized spacial score (nSPS) is 26.0. The molecule has 0 unspecified atom stereocenters. The Balaban J connectivity index is 1.76. The number of rotatable bonds is 12. The second-order valence-corrected chi connectivity index (χ2v) is 7.91. The summed E-state index contributed by atoms with van der Waals surface area (Å²) in [6.07, 6.45) is 7.84. The summed E-state index contributed by atoms with van der Waals surface area (Å²) in [7, 11) is 0. The molecule has 5 nitrogen and oxygen atoms in total. The third-order valence-electron chi connectivity index (χ3n) is 5.71. The highest BCUT2D eigenvalue weighted by molar-refractivity contribution is 5.64. The van der Waals surface area contributed by atoms with Gasteiger partial charge in [0.25, 0.3) is 0 Å². The van der Waals surface area contributed by atoms with Crippen LogP contribution in [0.2, 0.25) is 0 Å². The largest absolute Gasteiger partial charge is 0.550 e. The van der Waals surface area contributed by atoms with E-state index in [9.17, 15) is 25.2 Å². The molecule has 0 radical (unpaired) electrons. The van der Waals surface area contributed by atoms with Crippen molar-refractivity contribution in [3.8, 4) is 0 Å². The molecule has 5 atom stereocenters. The Morgan fingerprint density at radius 3 is 2.54 bits per heavy atom. The average Bonchev–Trinajstić information content (AvgIpc) is 2.94. The van der Waals surface area contributed by atoms with Gasteiger partial charge in [-0.05, 0) is 43.6 Å². The Morgan fingerprint density at radius 2 is 1.82 bits per heavy atom. The van der Waals surface area contributed by atoms with Gasteiger partial charge in [-0.25, -0.2) is 0 Å². The monoisotopic (exact) mass is 389 g/mol. The van der Waals surface area contributed by atoms with E-state index in [1.165, 1.54) is 5.56 Å². The van der Waals surface area contributed by atoms with E-state index in [2.05, 4.69) is 0 Å². The summed E-state index contributed by atoms with van der Waals surface area (Å²) < 4.78 is 0. The maximum Gasteiger partial charge on any atom is 0.0724 e. The van der Waals surface area contributed by atoms with Gasteiger partial charge in [0.1, 0.15) is 0 Å². The molecule has 1 fully saturated rings. The predicted molar refractivity (Wildman–Crippen MR) is 106 cm³/mol. The van der Waals surface area contributed by atoms with Crippen LogP contribution in [-0.2, 0) is 11.2 Å². The summed E-state index contributed by atoms with van der Waals surface area (Å²) in [4.78, 5) is 10.4. The molecule has 3 N–H and O–H groups in total. The molecule has 0 spiro atoms. The standard InChI is InChI=1S/C23H34O5/c24-18(13-12-17-8-4-3-5-9-17)14-15-20-19(21(25)16-22(20)26)10-6-1-2-7-11-23(27)28/h3-5,8-9,14-15,18-22,24-26H,1-2,6-7,10-13,16H2,(H,27,28)/p-1/b15-14+/t18-,19+,20+,21-,22+/m0/s1. The summed E-state index contributed by atoms with van der Waals surface area (Å²) in [6, 6.07) is 10.0. The van der Waals surface area contributed by atoms with Crippen LogP contribution in [0.5, 0.6) is 0 Å². The summed E-state index contributed by atoms with van der Waals surface area (Å²) in [5.41, 5.74) is 1.18. The Bertz CT molecular complexity index is 600. The van der Waals surface area contributed by atoms with Crippen molar-refractivity contribution in [2.75, 3.05) is 0 Å². The van der Waals surface area contributed by atoms with Crippen molar-refractivity contribution in [3.63, 3.8) is 0 Å². The molecule has 28 heavy (non-hydrogen) atoms. The van der Waals surface area contributed by atoms with Crippen molar-refractivity contribution in [2.45, 2.75) is 76.1 Å². The number of hydrogen-bond acceptors (Lipinski definition) is 5. The zero-order valence-electron chi connectivity index (χ0n) is 16.5. The van der Waals surface area contributed by atoms with Gasteiger partial charge in [0.15, 0.2) is 0 Å². The molecule has 1 saturated carbocycles. The molecular weight excluding hydrogens is 356 g/mol. The summed E-state index contributed by atoms with van der Waals surface area (Å²) >= 11 is 0. The Morgan fingerprint density at radius 1 is 1.11 bits per heavy atom. The van der Waals surface area contributed by atoms with Crippen LogP contribution >= 0.6 is 0 Å². The van der Waals surface area contributed by atoms with E-state index in [0.29, 0.717) is 19.3 Å². The van der Waals surface area contributed by atoms with Crippen molar-refractivity contribution < 1.29 is 25.2 Å². The van der Waals surface area contributed by atoms with Crippen LogP contribution in [0.1, 0.15) is 56.9 Å². The van der Waals surface area contributed by atoms with Crippen LogP contribution in [0.15, 0.2) is 42.5 Å². The van der Waals surface area contributed by atoms with Crippen molar-refractivity contribution in [1.82, 2.24) is 0 Å². The van der Waals surface area contributed by atoms with E-state index in [-0.39, 0.29) is 18.3 Å². The number of carbonyl (C=O) groups excluding carboxylic acids is 1.